The highest BCUT2D eigenvalue weighted by Crippen LogP contribution is 2.37. The fraction of sp³-hybridized carbons (Fsp3) is 0.579. The van der Waals surface area contributed by atoms with Crippen molar-refractivity contribution in [3.05, 3.63) is 28.6 Å². The van der Waals surface area contributed by atoms with Crippen molar-refractivity contribution in [3.8, 4) is 11.5 Å². The van der Waals surface area contributed by atoms with E-state index in [-0.39, 0.29) is 10.5 Å². The van der Waals surface area contributed by atoms with Crippen molar-refractivity contribution in [2.24, 2.45) is 0 Å². The van der Waals surface area contributed by atoms with Gasteiger partial charge in [0.2, 0.25) is 5.82 Å². The molecule has 28 heavy (non-hydrogen) atoms. The molecule has 0 atom stereocenters. The van der Waals surface area contributed by atoms with Gasteiger partial charge in [0.05, 0.1) is 6.61 Å². The second kappa shape index (κ2) is 6.93. The normalized spacial score (nSPS) is 13.5. The summed E-state index contributed by atoms with van der Waals surface area (Å²) in [6, 6.07) is 3.73. The molecule has 0 aliphatic rings. The smallest absolute Gasteiger partial charge is 0.207 e. The van der Waals surface area contributed by atoms with Crippen LogP contribution in [0.15, 0.2) is 16.7 Å². The summed E-state index contributed by atoms with van der Waals surface area (Å²) in [4.78, 5) is 0. The third kappa shape index (κ3) is 3.99. The minimum atomic E-state index is -1.87. The summed E-state index contributed by atoms with van der Waals surface area (Å²) >= 11 is 6.41. The van der Waals surface area contributed by atoms with E-state index >= 15 is 0 Å². The number of nitrogens with zero attached hydrogens (tertiary/aromatic N) is 5. The zero-order chi connectivity index (χ0) is 20.9. The summed E-state index contributed by atoms with van der Waals surface area (Å²) in [5, 5.41) is 17.6. The maximum atomic E-state index is 6.41. The Morgan fingerprint density at radius 3 is 2.39 bits per heavy atom. The lowest BCUT2D eigenvalue weighted by molar-refractivity contribution is 0.230. The molecule has 3 heterocycles. The van der Waals surface area contributed by atoms with Crippen LogP contribution in [0.4, 0.5) is 0 Å². The topological polar surface area (TPSA) is 78.3 Å². The van der Waals surface area contributed by atoms with Crippen molar-refractivity contribution in [1.29, 1.82) is 0 Å². The Balaban J connectivity index is 1.88. The second-order valence-electron chi connectivity index (χ2n) is 9.62. The molecule has 3 rings (SSSR count). The molecule has 3 aromatic heterocycles. The van der Waals surface area contributed by atoms with E-state index in [1.807, 2.05) is 12.1 Å². The van der Waals surface area contributed by atoms with Crippen LogP contribution in [0, 0.1) is 0 Å². The van der Waals surface area contributed by atoms with Crippen molar-refractivity contribution in [3.63, 3.8) is 0 Å². The molecule has 0 spiro atoms. The van der Waals surface area contributed by atoms with E-state index in [0.717, 1.165) is 5.56 Å². The highest BCUT2D eigenvalue weighted by atomic mass is 35.5. The van der Waals surface area contributed by atoms with Crippen molar-refractivity contribution in [2.75, 3.05) is 0 Å². The summed E-state index contributed by atoms with van der Waals surface area (Å²) in [6.45, 7) is 17.6. The Morgan fingerprint density at radius 2 is 1.79 bits per heavy atom. The van der Waals surface area contributed by atoms with Gasteiger partial charge in [0.25, 0.3) is 0 Å². The highest BCUT2D eigenvalue weighted by molar-refractivity contribution is 6.74. The van der Waals surface area contributed by atoms with Crippen molar-refractivity contribution in [2.45, 2.75) is 71.7 Å². The number of rotatable bonds is 4. The van der Waals surface area contributed by atoms with Crippen LogP contribution in [0.1, 0.15) is 52.9 Å². The Bertz CT molecular complexity index is 998. The first-order chi connectivity index (χ1) is 12.8. The molecule has 0 unspecified atom stereocenters. The second-order valence-corrected chi connectivity index (χ2v) is 14.8. The van der Waals surface area contributed by atoms with Crippen molar-refractivity contribution < 1.29 is 8.95 Å². The van der Waals surface area contributed by atoms with E-state index in [4.69, 9.17) is 20.6 Å². The summed E-state index contributed by atoms with van der Waals surface area (Å²) in [6.07, 6.45) is 0. The fourth-order valence-corrected chi connectivity index (χ4v) is 3.80. The Kier molecular flexibility index (Phi) is 5.18. The minimum absolute atomic E-state index is 0.129. The molecule has 152 valence electrons. The maximum Gasteiger partial charge on any atom is 0.207 e. The molecule has 0 radical (unpaired) electrons. The van der Waals surface area contributed by atoms with Crippen LogP contribution in [-0.2, 0) is 16.4 Å². The number of aromatic nitrogens is 5. The van der Waals surface area contributed by atoms with Crippen molar-refractivity contribution in [1.82, 2.24) is 25.0 Å². The largest absolute Gasteiger partial charge is 0.409 e. The molecule has 0 aliphatic carbocycles. The van der Waals surface area contributed by atoms with Crippen LogP contribution in [0.5, 0.6) is 0 Å². The Hall–Kier alpha value is -1.77. The average Bonchev–Trinajstić information content (AvgIpc) is 3.16. The Labute approximate surface area is 171 Å². The molecule has 0 aliphatic heterocycles. The summed E-state index contributed by atoms with van der Waals surface area (Å²) in [7, 11) is -1.87. The van der Waals surface area contributed by atoms with Gasteiger partial charge < -0.3 is 8.95 Å². The van der Waals surface area contributed by atoms with Gasteiger partial charge in [-0.05, 0) is 29.6 Å². The first-order valence-electron chi connectivity index (χ1n) is 9.32. The molecule has 3 aromatic rings. The molecule has 0 saturated carbocycles. The van der Waals surface area contributed by atoms with Crippen LogP contribution in [-0.4, -0.2) is 33.3 Å². The first-order valence-corrected chi connectivity index (χ1v) is 12.6. The fourth-order valence-electron chi connectivity index (χ4n) is 2.45. The van der Waals surface area contributed by atoms with Gasteiger partial charge in [-0.3, -0.25) is 0 Å². The monoisotopic (exact) mass is 421 g/mol. The maximum absolute atomic E-state index is 6.41. The van der Waals surface area contributed by atoms with Gasteiger partial charge in [-0.2, -0.15) is 9.61 Å². The van der Waals surface area contributed by atoms with Gasteiger partial charge in [-0.15, -0.1) is 10.2 Å². The van der Waals surface area contributed by atoms with E-state index in [2.05, 4.69) is 75.1 Å². The molecule has 0 amide bonds. The molecule has 0 N–H and O–H groups in total. The lowest BCUT2D eigenvalue weighted by Crippen LogP contribution is -2.40. The van der Waals surface area contributed by atoms with Crippen LogP contribution >= 0.6 is 11.6 Å². The number of halogens is 1. The zero-order valence-electron chi connectivity index (χ0n) is 17.8. The van der Waals surface area contributed by atoms with E-state index in [9.17, 15) is 0 Å². The van der Waals surface area contributed by atoms with Crippen molar-refractivity contribution >= 4 is 25.6 Å². The molecule has 7 nitrogen and oxygen atoms in total. The lowest BCUT2D eigenvalue weighted by atomic mass is 9.88. The van der Waals surface area contributed by atoms with Gasteiger partial charge in [0.15, 0.2) is 30.6 Å². The summed E-state index contributed by atoms with van der Waals surface area (Å²) < 4.78 is 13.2. The third-order valence-electron chi connectivity index (χ3n) is 5.33. The van der Waals surface area contributed by atoms with E-state index in [0.29, 0.717) is 34.7 Å². The first kappa shape index (κ1) is 20.9. The molecule has 0 aromatic carbocycles. The highest BCUT2D eigenvalue weighted by Gasteiger charge is 2.37. The zero-order valence-corrected chi connectivity index (χ0v) is 19.5. The van der Waals surface area contributed by atoms with E-state index < -0.39 is 8.32 Å². The van der Waals surface area contributed by atoms with Crippen LogP contribution in [0.3, 0.4) is 0 Å². The standard InChI is InChI=1S/C19H28ClN5O2Si/c1-18(2,3)13-10-15-21-22-17(25(15)23-16(13)20)14-9-12(27-24-14)11-26-28(7,8)19(4,5)6/h9-10H,11H2,1-8H3. The van der Waals surface area contributed by atoms with Crippen LogP contribution < -0.4 is 0 Å². The SMILES string of the molecule is CC(C)(C)c1cc2nnc(-c3cc(CO[Si](C)(C)C(C)(C)C)on3)n2nc1Cl. The molecular weight excluding hydrogens is 394 g/mol. The average molecular weight is 422 g/mol. The molecule has 0 bridgehead atoms. The molecular formula is C19H28ClN5O2Si. The van der Waals surface area contributed by atoms with E-state index in [1.54, 1.807) is 4.52 Å². The predicted octanol–water partition coefficient (Wildman–Crippen LogP) is 5.25. The van der Waals surface area contributed by atoms with Crippen LogP contribution in [0.25, 0.3) is 17.2 Å². The number of hydrogen-bond acceptors (Lipinski definition) is 6. The number of hydrogen-bond donors (Lipinski definition) is 0. The van der Waals surface area contributed by atoms with Gasteiger partial charge >= 0.3 is 0 Å². The van der Waals surface area contributed by atoms with Gasteiger partial charge in [0, 0.05) is 11.6 Å². The molecule has 9 heteroatoms. The minimum Gasteiger partial charge on any atom is -0.409 e. The van der Waals surface area contributed by atoms with Gasteiger partial charge in [0.1, 0.15) is 0 Å². The molecule has 0 fully saturated rings. The third-order valence-corrected chi connectivity index (χ3v) is 10.1. The Morgan fingerprint density at radius 1 is 1.11 bits per heavy atom. The number of fused-ring (bicyclic) bond motifs is 1. The predicted molar refractivity (Wildman–Crippen MR) is 112 cm³/mol. The quantitative estimate of drug-likeness (QED) is 0.535. The summed E-state index contributed by atoms with van der Waals surface area (Å²) in [5.41, 5.74) is 1.95. The molecule has 0 saturated heterocycles. The van der Waals surface area contributed by atoms with Gasteiger partial charge in [-0.1, -0.05) is 58.3 Å². The van der Waals surface area contributed by atoms with E-state index in [1.165, 1.54) is 0 Å². The van der Waals surface area contributed by atoms with Gasteiger partial charge in [-0.25, -0.2) is 0 Å². The van der Waals surface area contributed by atoms with Crippen LogP contribution in [0.2, 0.25) is 23.3 Å². The summed E-state index contributed by atoms with van der Waals surface area (Å²) in [5.74, 6) is 1.13. The lowest BCUT2D eigenvalue weighted by Gasteiger charge is -2.35.